The van der Waals surface area contributed by atoms with Crippen LogP contribution in [0.1, 0.15) is 23.6 Å². The molecule has 5 aromatic heterocycles. The Labute approximate surface area is 483 Å². The Morgan fingerprint density at radius 3 is 1.36 bits per heavy atom. The second kappa shape index (κ2) is 24.8. The summed E-state index contributed by atoms with van der Waals surface area (Å²) in [6, 6.07) is 34.9. The average molecular weight is 1270 g/mol. The Balaban J connectivity index is 0.000000192. The van der Waals surface area contributed by atoms with Gasteiger partial charge in [0, 0.05) is 12.4 Å². The number of nitrogens with zero attached hydrogens (tertiary/aromatic N) is 8. The van der Waals surface area contributed by atoms with E-state index in [1.165, 1.54) is 21.8 Å². The molecule has 33 nitrogen and oxygen atoms in total. The van der Waals surface area contributed by atoms with Gasteiger partial charge in [0.05, 0.1) is 26.3 Å². The summed E-state index contributed by atoms with van der Waals surface area (Å²) in [5.41, 5.74) is 16.4. The highest BCUT2D eigenvalue weighted by atomic mass is 31.3. The smallest absolute Gasteiger partial charge is 0.480 e. The van der Waals surface area contributed by atoms with Gasteiger partial charge in [-0.2, -0.15) is 4.31 Å². The maximum absolute atomic E-state index is 13.0. The SMILES string of the molecule is Nc1nc2c(c(=O)[nH]1)n(Cc1ccc(-c3ccccc3)cc1)c[n+]2[C@@H]1O[C@H](COP(=O)(O)OP(=O)(O)n2ccnc2)[C@@H](O)[C@H]1O.Nc1nc2c(c(=O)[nH]1)n(Cc1ccc(-c3ccccc3)cc1)c[n+]2[C@@H]1O[C@H](COP(=O)(O)OP(=O)([O-])O)[C@@H](O)[C@H]1O. The van der Waals surface area contributed by atoms with E-state index in [1.807, 2.05) is 109 Å². The number of H-pyrrole nitrogens is 2. The third kappa shape index (κ3) is 13.9. The van der Waals surface area contributed by atoms with Crippen LogP contribution in [0.5, 0.6) is 0 Å². The number of ether oxygens (including phenoxy) is 2. The van der Waals surface area contributed by atoms with Gasteiger partial charge in [0.2, 0.25) is 23.5 Å². The summed E-state index contributed by atoms with van der Waals surface area (Å²) >= 11 is 0. The van der Waals surface area contributed by atoms with Crippen molar-refractivity contribution in [2.24, 2.45) is 0 Å². The largest absolute Gasteiger partial charge is 0.756 e. The minimum absolute atomic E-state index is 0.00807. The molecule has 0 amide bonds. The van der Waals surface area contributed by atoms with Gasteiger partial charge in [-0.1, -0.05) is 119 Å². The highest BCUT2D eigenvalue weighted by Gasteiger charge is 2.50. The maximum Gasteiger partial charge on any atom is 0.480 e. The lowest BCUT2D eigenvalue weighted by Gasteiger charge is -2.21. The van der Waals surface area contributed by atoms with Gasteiger partial charge in [-0.05, 0) is 33.4 Å². The highest BCUT2D eigenvalue weighted by molar-refractivity contribution is 7.63. The van der Waals surface area contributed by atoms with Crippen LogP contribution in [0.4, 0.5) is 11.9 Å². The lowest BCUT2D eigenvalue weighted by Crippen LogP contribution is -2.46. The molecule has 37 heteroatoms. The third-order valence-electron chi connectivity index (χ3n) is 13.4. The van der Waals surface area contributed by atoms with Gasteiger partial charge in [0.15, 0.2) is 12.7 Å². The number of aliphatic hydroxyl groups is 4. The Morgan fingerprint density at radius 2 is 0.977 bits per heavy atom. The van der Waals surface area contributed by atoms with Crippen LogP contribution in [0.2, 0.25) is 0 Å². The normalized spacial score (nSPS) is 23.3. The fourth-order valence-electron chi connectivity index (χ4n) is 9.50. The molecule has 0 aliphatic carbocycles. The van der Waals surface area contributed by atoms with Crippen LogP contribution in [0.3, 0.4) is 0 Å². The first kappa shape index (κ1) is 61.8. The summed E-state index contributed by atoms with van der Waals surface area (Å²) in [6.45, 7) is -1.32. The van der Waals surface area contributed by atoms with Crippen LogP contribution >= 0.6 is 31.2 Å². The standard InChI is InChI=1S/C26H27N7O10P2.C23H25N5O11P2/c27-26-29-23-20(24(36)30-26)31(12-16-6-8-18(9-7-16)17-4-2-1-3-5-17)15-33(23)25-22(35)21(34)19(42-25)13-41-45(39,40)43-44(37,38)32-11-10-28-14-32;24-23-25-20-17(21(31)26-23)27(10-13-6-8-15(9-7-13)14-4-2-1-3-5-14)12-28(20)22-19(30)18(29)16(38-22)11-37-41(35,36)39-40(32,33)34/h1-11,14-15,19,21-22,25,34-35H,12-13H2,(H4-,27,29,30,36,37,38,39,40);1-9,12,16,18-19,22,29-30H,10-11H2,(H5-,24,25,26,31,32,33,34,35,36)/p+1/t19-,21-,22-,25-;16-,18-,19-,22-/m11/s1. The van der Waals surface area contributed by atoms with Crippen molar-refractivity contribution in [3.05, 3.63) is 172 Å². The number of phosphoric ester groups is 2. The molecule has 0 bridgehead atoms. The zero-order valence-corrected chi connectivity index (χ0v) is 47.7. The summed E-state index contributed by atoms with van der Waals surface area (Å²) in [4.78, 5) is 91.6. The van der Waals surface area contributed by atoms with Crippen molar-refractivity contribution >= 4 is 65.4 Å². The number of nitrogens with one attached hydrogen (secondary N) is 2. The average Bonchev–Trinajstić information content (AvgIpc) is 1.94. The van der Waals surface area contributed by atoms with Gasteiger partial charge >= 0.3 is 34.7 Å². The number of aromatic amines is 2. The number of phosphoric acid groups is 3. The third-order valence-corrected chi connectivity index (χ3v) is 18.5. The monoisotopic (exact) mass is 1270 g/mol. The molecule has 2 fully saturated rings. The van der Waals surface area contributed by atoms with Crippen molar-refractivity contribution < 1.29 is 99.4 Å². The van der Waals surface area contributed by atoms with Gasteiger partial charge in [0.25, 0.3) is 30.8 Å². The van der Waals surface area contributed by atoms with Crippen molar-refractivity contribution in [1.29, 1.82) is 0 Å². The molecule has 86 heavy (non-hydrogen) atoms. The molecule has 2 aliphatic rings. The number of benzene rings is 4. The number of aromatic nitrogens is 10. The van der Waals surface area contributed by atoms with E-state index in [4.69, 9.17) is 30.4 Å². The van der Waals surface area contributed by atoms with E-state index in [1.54, 1.807) is 9.13 Å². The summed E-state index contributed by atoms with van der Waals surface area (Å²) in [6.07, 6.45) is -6.19. The number of anilines is 2. The number of hydrogen-bond donors (Lipinski definition) is 12. The van der Waals surface area contributed by atoms with E-state index in [9.17, 15) is 67.8 Å². The van der Waals surface area contributed by atoms with Gasteiger partial charge in [-0.25, -0.2) is 36.5 Å². The molecular formula is C49H53N12O21P4+. The van der Waals surface area contributed by atoms with E-state index in [0.29, 0.717) is 4.34 Å². The van der Waals surface area contributed by atoms with Crippen molar-refractivity contribution in [2.75, 3.05) is 24.7 Å². The molecule has 11 rings (SSSR count). The van der Waals surface area contributed by atoms with E-state index >= 15 is 0 Å². The maximum atomic E-state index is 13.0. The van der Waals surface area contributed by atoms with Crippen molar-refractivity contribution in [2.45, 2.75) is 62.2 Å². The minimum atomic E-state index is -5.62. The van der Waals surface area contributed by atoms with Crippen molar-refractivity contribution in [3.8, 4) is 22.3 Å². The van der Waals surface area contributed by atoms with Crippen molar-refractivity contribution in [1.82, 2.24) is 38.4 Å². The molecule has 4 aromatic carbocycles. The van der Waals surface area contributed by atoms with Crippen LogP contribution in [-0.2, 0) is 58.5 Å². The lowest BCUT2D eigenvalue weighted by molar-refractivity contribution is -0.746. The molecule has 0 saturated carbocycles. The first-order valence-electron chi connectivity index (χ1n) is 25.4. The van der Waals surface area contributed by atoms with E-state index in [-0.39, 0.29) is 47.3 Å². The predicted molar refractivity (Wildman–Crippen MR) is 295 cm³/mol. The molecule has 2 aliphatic heterocycles. The second-order valence-corrected chi connectivity index (χ2v) is 25.4. The van der Waals surface area contributed by atoms with Crippen LogP contribution in [0.25, 0.3) is 44.6 Å². The summed E-state index contributed by atoms with van der Waals surface area (Å²) in [7, 11) is -20.9. The summed E-state index contributed by atoms with van der Waals surface area (Å²) < 4.78 is 82.3. The Hall–Kier alpha value is -7.29. The molecule has 9 aromatic rings. The van der Waals surface area contributed by atoms with Crippen molar-refractivity contribution in [3.63, 3.8) is 0 Å². The molecule has 454 valence electrons. The lowest BCUT2D eigenvalue weighted by atomic mass is 10.0. The van der Waals surface area contributed by atoms with E-state index < -0.39 is 105 Å². The van der Waals surface area contributed by atoms with Gasteiger partial charge in [0.1, 0.15) is 43.0 Å². The second-order valence-electron chi connectivity index (χ2n) is 19.4. The van der Waals surface area contributed by atoms with Gasteiger partial charge < -0.3 is 65.8 Å². The van der Waals surface area contributed by atoms with Gasteiger partial charge in [-0.15, -0.1) is 0 Å². The number of hydrogen-bond acceptors (Lipinski definition) is 22. The number of nitrogen functional groups attached to an aromatic ring is 2. The van der Waals surface area contributed by atoms with E-state index in [2.05, 4.69) is 38.1 Å². The zero-order valence-electron chi connectivity index (χ0n) is 44.1. The molecule has 12 atom stereocenters. The van der Waals surface area contributed by atoms with E-state index in [0.717, 1.165) is 52.1 Å². The molecule has 2 saturated heterocycles. The molecule has 7 heterocycles. The molecular weight excluding hydrogens is 1220 g/mol. The molecule has 0 spiro atoms. The fourth-order valence-corrected chi connectivity index (χ4v) is 13.4. The minimum Gasteiger partial charge on any atom is -0.756 e. The predicted octanol–water partition coefficient (Wildman–Crippen LogP) is 0.431. The number of nitrogens with two attached hydrogens (primary N) is 2. The highest BCUT2D eigenvalue weighted by Crippen LogP contribution is 2.60. The molecule has 4 unspecified atom stereocenters. The summed E-state index contributed by atoms with van der Waals surface area (Å²) in [5.74, 6) is -0.428. The first-order chi connectivity index (χ1) is 40.7. The van der Waals surface area contributed by atoms with Crippen LogP contribution in [0, 0.1) is 0 Å². The number of imidazole rings is 3. The Morgan fingerprint density at radius 1 is 0.581 bits per heavy atom. The zero-order chi connectivity index (χ0) is 61.5. The van der Waals surface area contributed by atoms with Gasteiger partial charge in [-0.3, -0.25) is 42.3 Å². The molecule has 14 N–H and O–H groups in total. The van der Waals surface area contributed by atoms with Crippen LogP contribution < -0.4 is 36.6 Å². The Bertz CT molecular complexity index is 4210. The topological polar surface area (TPSA) is 488 Å². The summed E-state index contributed by atoms with van der Waals surface area (Å²) in [5, 5.41) is 42.8. The fraction of sp³-hybridized carbons (Fsp3) is 0.245. The quantitative estimate of drug-likeness (QED) is 0.0386. The number of fused-ring (bicyclic) bond motifs is 2. The first-order valence-corrected chi connectivity index (χ1v) is 31.4. The Kier molecular flexibility index (Phi) is 17.8. The van der Waals surface area contributed by atoms with Crippen LogP contribution in [0.15, 0.2) is 150 Å². The van der Waals surface area contributed by atoms with Crippen LogP contribution in [-0.4, -0.2) is 128 Å². The number of rotatable bonds is 19. The number of aliphatic hydroxyl groups excluding tert-OH is 4. The molecule has 0 radical (unpaired) electrons.